The first-order valence-corrected chi connectivity index (χ1v) is 30.5. The summed E-state index contributed by atoms with van der Waals surface area (Å²) in [6.07, 6.45) is 70.4. The monoisotopic (exact) mass is 969 g/mol. The average molecular weight is 970 g/mol. The molecular formula is C63H116O6. The minimum absolute atomic E-state index is 0.0721. The van der Waals surface area contributed by atoms with Crippen molar-refractivity contribution in [1.82, 2.24) is 0 Å². The van der Waals surface area contributed by atoms with Gasteiger partial charge in [-0.15, -0.1) is 0 Å². The van der Waals surface area contributed by atoms with Crippen molar-refractivity contribution < 1.29 is 28.6 Å². The fourth-order valence-corrected chi connectivity index (χ4v) is 9.11. The van der Waals surface area contributed by atoms with Gasteiger partial charge in [0.15, 0.2) is 6.10 Å². The number of hydrogen-bond donors (Lipinski definition) is 0. The molecule has 0 saturated carbocycles. The van der Waals surface area contributed by atoms with E-state index < -0.39 is 6.10 Å². The summed E-state index contributed by atoms with van der Waals surface area (Å²) in [5.41, 5.74) is 0. The molecule has 0 fully saturated rings. The lowest BCUT2D eigenvalue weighted by molar-refractivity contribution is -0.167. The van der Waals surface area contributed by atoms with Crippen LogP contribution in [0.3, 0.4) is 0 Å². The smallest absolute Gasteiger partial charge is 0.306 e. The van der Waals surface area contributed by atoms with Crippen LogP contribution in [-0.2, 0) is 28.6 Å². The number of carbonyl (C=O) groups excluding carboxylic acids is 3. The maximum atomic E-state index is 12.8. The predicted octanol–water partition coefficient (Wildman–Crippen LogP) is 20.4. The van der Waals surface area contributed by atoms with E-state index >= 15 is 0 Å². The van der Waals surface area contributed by atoms with Crippen LogP contribution in [0.15, 0.2) is 36.5 Å². The van der Waals surface area contributed by atoms with Crippen molar-refractivity contribution in [3.8, 4) is 0 Å². The minimum Gasteiger partial charge on any atom is -0.462 e. The zero-order valence-corrected chi connectivity index (χ0v) is 46.3. The maximum Gasteiger partial charge on any atom is 0.306 e. The van der Waals surface area contributed by atoms with E-state index in [1.54, 1.807) is 0 Å². The summed E-state index contributed by atoms with van der Waals surface area (Å²) in [5, 5.41) is 0. The quantitative estimate of drug-likeness (QED) is 0.0261. The van der Waals surface area contributed by atoms with Gasteiger partial charge in [-0.3, -0.25) is 14.4 Å². The molecule has 0 aromatic rings. The summed E-state index contributed by atoms with van der Waals surface area (Å²) >= 11 is 0. The van der Waals surface area contributed by atoms with Crippen molar-refractivity contribution in [2.24, 2.45) is 0 Å². The fourth-order valence-electron chi connectivity index (χ4n) is 9.11. The van der Waals surface area contributed by atoms with E-state index in [1.807, 2.05) is 0 Å². The van der Waals surface area contributed by atoms with Crippen LogP contribution in [0.1, 0.15) is 329 Å². The molecule has 0 aromatic heterocycles. The van der Waals surface area contributed by atoms with Gasteiger partial charge in [0.05, 0.1) is 0 Å². The molecule has 0 saturated heterocycles. The number of esters is 3. The van der Waals surface area contributed by atoms with Gasteiger partial charge in [-0.2, -0.15) is 0 Å². The summed E-state index contributed by atoms with van der Waals surface area (Å²) in [5.74, 6) is -0.871. The van der Waals surface area contributed by atoms with Crippen LogP contribution in [0.2, 0.25) is 0 Å². The molecule has 0 spiro atoms. The molecule has 0 aromatic carbocycles. The van der Waals surface area contributed by atoms with Crippen molar-refractivity contribution >= 4 is 17.9 Å². The molecule has 0 N–H and O–H groups in total. The highest BCUT2D eigenvalue weighted by Gasteiger charge is 2.19. The molecule has 0 heterocycles. The van der Waals surface area contributed by atoms with Gasteiger partial charge in [-0.25, -0.2) is 0 Å². The third-order valence-electron chi connectivity index (χ3n) is 13.7. The second kappa shape index (κ2) is 58.2. The van der Waals surface area contributed by atoms with E-state index in [4.69, 9.17) is 14.2 Å². The Balaban J connectivity index is 4.06. The molecule has 0 aliphatic carbocycles. The van der Waals surface area contributed by atoms with Crippen LogP contribution in [0.4, 0.5) is 0 Å². The highest BCUT2D eigenvalue weighted by atomic mass is 16.6. The molecular weight excluding hydrogens is 853 g/mol. The first-order chi connectivity index (χ1) is 34.0. The molecule has 0 aliphatic rings. The summed E-state index contributed by atoms with van der Waals surface area (Å²) < 4.78 is 16.8. The molecule has 6 nitrogen and oxygen atoms in total. The normalized spacial score (nSPS) is 12.2. The van der Waals surface area contributed by atoms with Gasteiger partial charge >= 0.3 is 17.9 Å². The average Bonchev–Trinajstić information content (AvgIpc) is 3.35. The molecule has 0 amide bonds. The summed E-state index contributed by atoms with van der Waals surface area (Å²) in [4.78, 5) is 38.0. The predicted molar refractivity (Wildman–Crippen MR) is 298 cm³/mol. The van der Waals surface area contributed by atoms with Crippen LogP contribution in [-0.4, -0.2) is 37.2 Å². The van der Waals surface area contributed by atoms with Crippen molar-refractivity contribution in [2.45, 2.75) is 335 Å². The Morgan fingerprint density at radius 3 is 0.884 bits per heavy atom. The van der Waals surface area contributed by atoms with Crippen molar-refractivity contribution in [2.75, 3.05) is 13.2 Å². The summed E-state index contributed by atoms with van der Waals surface area (Å²) in [6.45, 7) is 6.53. The number of ether oxygens (including phenoxy) is 3. The van der Waals surface area contributed by atoms with Gasteiger partial charge in [0.25, 0.3) is 0 Å². The minimum atomic E-state index is -0.772. The zero-order valence-electron chi connectivity index (χ0n) is 46.3. The van der Waals surface area contributed by atoms with E-state index in [1.165, 1.54) is 205 Å². The van der Waals surface area contributed by atoms with E-state index in [0.717, 1.165) is 83.5 Å². The molecule has 0 bridgehead atoms. The zero-order chi connectivity index (χ0) is 50.0. The molecule has 0 radical (unpaired) electrons. The van der Waals surface area contributed by atoms with E-state index in [2.05, 4.69) is 57.2 Å². The molecule has 404 valence electrons. The van der Waals surface area contributed by atoms with Gasteiger partial charge < -0.3 is 14.2 Å². The Hall–Kier alpha value is -2.37. The lowest BCUT2D eigenvalue weighted by Gasteiger charge is -2.18. The molecule has 0 rings (SSSR count). The number of allylic oxidation sites excluding steroid dienone is 6. The summed E-state index contributed by atoms with van der Waals surface area (Å²) in [7, 11) is 0. The number of rotatable bonds is 56. The lowest BCUT2D eigenvalue weighted by Crippen LogP contribution is -2.30. The number of hydrogen-bond acceptors (Lipinski definition) is 6. The van der Waals surface area contributed by atoms with E-state index in [0.29, 0.717) is 19.3 Å². The van der Waals surface area contributed by atoms with Crippen molar-refractivity contribution in [3.63, 3.8) is 0 Å². The Bertz CT molecular complexity index is 1160. The van der Waals surface area contributed by atoms with Crippen LogP contribution in [0, 0.1) is 0 Å². The molecule has 69 heavy (non-hydrogen) atoms. The fraction of sp³-hybridized carbons (Fsp3) is 0.857. The highest BCUT2D eigenvalue weighted by molar-refractivity contribution is 5.71. The Kier molecular flexibility index (Phi) is 56.2. The topological polar surface area (TPSA) is 78.9 Å². The van der Waals surface area contributed by atoms with Gasteiger partial charge in [0.2, 0.25) is 0 Å². The van der Waals surface area contributed by atoms with Crippen molar-refractivity contribution in [1.29, 1.82) is 0 Å². The Labute approximate surface area is 429 Å². The van der Waals surface area contributed by atoms with E-state index in [-0.39, 0.29) is 31.1 Å². The van der Waals surface area contributed by atoms with E-state index in [9.17, 15) is 14.4 Å². The third kappa shape index (κ3) is 56.4. The Morgan fingerprint density at radius 1 is 0.304 bits per heavy atom. The van der Waals surface area contributed by atoms with Gasteiger partial charge in [-0.05, 0) is 51.4 Å². The first kappa shape index (κ1) is 66.6. The van der Waals surface area contributed by atoms with Crippen molar-refractivity contribution in [3.05, 3.63) is 36.5 Å². The van der Waals surface area contributed by atoms with Gasteiger partial charge in [-0.1, -0.05) is 295 Å². The van der Waals surface area contributed by atoms with Crippen LogP contribution < -0.4 is 0 Å². The van der Waals surface area contributed by atoms with Crippen LogP contribution >= 0.6 is 0 Å². The van der Waals surface area contributed by atoms with Crippen LogP contribution in [0.5, 0.6) is 0 Å². The van der Waals surface area contributed by atoms with Gasteiger partial charge in [0, 0.05) is 19.3 Å². The molecule has 6 heteroatoms. The highest BCUT2D eigenvalue weighted by Crippen LogP contribution is 2.18. The Morgan fingerprint density at radius 2 is 0.565 bits per heavy atom. The second-order valence-corrected chi connectivity index (χ2v) is 20.6. The first-order valence-electron chi connectivity index (χ1n) is 30.5. The standard InChI is InChI=1S/C63H116O6/c1-4-7-10-13-16-18-20-22-24-26-27-28-29-30-31-32-33-34-35-37-38-40-42-44-47-50-53-56-62(65)68-59-60(58-67-61(64)55-52-49-46-15-12-9-6-3)69-63(66)57-54-51-48-45-43-41-39-36-25-23-21-19-17-14-11-8-5-2/h8,11,17,19,23,25,60H,4-7,9-10,12-16,18,20-22,24,26-59H2,1-3H3/b11-8-,19-17-,25-23-. The maximum absolute atomic E-state index is 12.8. The molecule has 1 unspecified atom stereocenters. The summed E-state index contributed by atoms with van der Waals surface area (Å²) in [6, 6.07) is 0. The largest absolute Gasteiger partial charge is 0.462 e. The lowest BCUT2D eigenvalue weighted by atomic mass is 10.0. The molecule has 1 atom stereocenters. The number of carbonyl (C=O) groups is 3. The van der Waals surface area contributed by atoms with Crippen LogP contribution in [0.25, 0.3) is 0 Å². The SMILES string of the molecule is CC/C=C\C/C=C\C/C=C\CCCCCCCCCC(=O)OC(COC(=O)CCCCCCCCC)COC(=O)CCCCCCCCCCCCCCCCCCCCCCCCCCCCC. The number of unbranched alkanes of at least 4 members (excludes halogenated alkanes) is 39. The van der Waals surface area contributed by atoms with Gasteiger partial charge in [0.1, 0.15) is 13.2 Å². The third-order valence-corrected chi connectivity index (χ3v) is 13.7. The second-order valence-electron chi connectivity index (χ2n) is 20.6. The molecule has 0 aliphatic heterocycles.